The Morgan fingerprint density at radius 2 is 1.86 bits per heavy atom. The zero-order chi connectivity index (χ0) is 19.7. The lowest BCUT2D eigenvalue weighted by molar-refractivity contribution is -0.114. The topological polar surface area (TPSA) is 26.3 Å². The fraction of sp³-hybridized carbons (Fsp3) is 0.160. The predicted molar refractivity (Wildman–Crippen MR) is 119 cm³/mol. The number of ketones is 1. The molecule has 0 saturated heterocycles. The number of carbonyl (C=O) groups excluding carboxylic acids is 1. The molecule has 2 aromatic carbocycles. The molecule has 0 spiro atoms. The molecule has 2 nitrogen and oxygen atoms in total. The second kappa shape index (κ2) is 7.69. The molecule has 0 amide bonds. The number of Topliss-reactive ketones (excluding diaryl/α,β-unsaturated/α-hetero) is 1. The molecule has 140 valence electrons. The van der Waals surface area contributed by atoms with Gasteiger partial charge >= 0.3 is 0 Å². The maximum atomic E-state index is 12.6. The van der Waals surface area contributed by atoms with E-state index in [2.05, 4.69) is 49.6 Å². The minimum Gasteiger partial charge on any atom is -0.497 e. The molecule has 0 radical (unpaired) electrons. The first kappa shape index (κ1) is 18.6. The van der Waals surface area contributed by atoms with Crippen molar-refractivity contribution in [3.05, 3.63) is 88.5 Å². The number of hydrogen-bond acceptors (Lipinski definition) is 3. The molecule has 2 aromatic rings. The van der Waals surface area contributed by atoms with Gasteiger partial charge in [0.05, 0.1) is 7.11 Å². The number of thioether (sulfide) groups is 1. The molecule has 0 heterocycles. The van der Waals surface area contributed by atoms with Crippen LogP contribution in [0.4, 0.5) is 0 Å². The standard InChI is InChI=1S/C25H22O2S/c1-16-22(13-17-7-10-20(28-3)11-8-17)21-12-9-19(27-2)14-24(21)23(16)15-25(26)18-5-4-6-18/h4-14H,15H2,1-3H3/b22-13-. The van der Waals surface area contributed by atoms with E-state index < -0.39 is 0 Å². The fourth-order valence-corrected chi connectivity index (χ4v) is 4.03. The van der Waals surface area contributed by atoms with Crippen molar-refractivity contribution in [1.29, 1.82) is 0 Å². The fourth-order valence-electron chi connectivity index (χ4n) is 3.62. The molecule has 3 heteroatoms. The quantitative estimate of drug-likeness (QED) is 0.553. The van der Waals surface area contributed by atoms with Crippen LogP contribution < -0.4 is 4.74 Å². The molecular formula is C25H22O2S. The summed E-state index contributed by atoms with van der Waals surface area (Å²) in [7, 11) is 1.67. The Bertz CT molecular complexity index is 1070. The maximum Gasteiger partial charge on any atom is 0.167 e. The van der Waals surface area contributed by atoms with Crippen LogP contribution in [0.3, 0.4) is 0 Å². The molecule has 2 aliphatic rings. The molecule has 2 aliphatic carbocycles. The van der Waals surface area contributed by atoms with Gasteiger partial charge < -0.3 is 4.74 Å². The Balaban J connectivity index is 1.77. The van der Waals surface area contributed by atoms with Crippen LogP contribution in [0, 0.1) is 0 Å². The van der Waals surface area contributed by atoms with Crippen LogP contribution in [0.2, 0.25) is 0 Å². The summed E-state index contributed by atoms with van der Waals surface area (Å²) in [5.41, 5.74) is 7.65. The Morgan fingerprint density at radius 3 is 2.46 bits per heavy atom. The summed E-state index contributed by atoms with van der Waals surface area (Å²) in [5, 5.41) is 0. The molecule has 0 bridgehead atoms. The van der Waals surface area contributed by atoms with Crippen molar-refractivity contribution in [3.8, 4) is 5.75 Å². The highest BCUT2D eigenvalue weighted by Gasteiger charge is 2.26. The van der Waals surface area contributed by atoms with Crippen LogP contribution >= 0.6 is 11.8 Å². The summed E-state index contributed by atoms with van der Waals surface area (Å²) in [6, 6.07) is 14.7. The molecule has 4 rings (SSSR count). The Hall–Kier alpha value is -2.78. The number of carbonyl (C=O) groups is 1. The normalized spacial score (nSPS) is 16.1. The van der Waals surface area contributed by atoms with Gasteiger partial charge in [0.2, 0.25) is 0 Å². The van der Waals surface area contributed by atoms with Crippen molar-refractivity contribution in [1.82, 2.24) is 0 Å². The Labute approximate surface area is 170 Å². The van der Waals surface area contributed by atoms with E-state index in [0.717, 1.165) is 39.2 Å². The van der Waals surface area contributed by atoms with Crippen LogP contribution in [0.5, 0.6) is 5.75 Å². The zero-order valence-corrected chi connectivity index (χ0v) is 17.1. The summed E-state index contributed by atoms with van der Waals surface area (Å²) < 4.78 is 5.43. The maximum absolute atomic E-state index is 12.6. The lowest BCUT2D eigenvalue weighted by Gasteiger charge is -2.10. The van der Waals surface area contributed by atoms with Gasteiger partial charge in [0.1, 0.15) is 5.75 Å². The van der Waals surface area contributed by atoms with Gasteiger partial charge in [-0.15, -0.1) is 11.8 Å². The van der Waals surface area contributed by atoms with E-state index in [1.54, 1.807) is 18.9 Å². The van der Waals surface area contributed by atoms with Gasteiger partial charge in [-0.25, -0.2) is 0 Å². The summed E-state index contributed by atoms with van der Waals surface area (Å²) >= 11 is 1.74. The highest BCUT2D eigenvalue weighted by atomic mass is 32.2. The minimum atomic E-state index is 0.163. The molecule has 0 atom stereocenters. The molecule has 0 N–H and O–H groups in total. The summed E-state index contributed by atoms with van der Waals surface area (Å²) in [6.45, 7) is 2.11. The largest absolute Gasteiger partial charge is 0.497 e. The van der Waals surface area contributed by atoms with E-state index in [4.69, 9.17) is 4.74 Å². The number of hydrogen-bond donors (Lipinski definition) is 0. The van der Waals surface area contributed by atoms with Crippen molar-refractivity contribution in [3.63, 3.8) is 0 Å². The average Bonchev–Trinajstić information content (AvgIpc) is 2.92. The van der Waals surface area contributed by atoms with E-state index in [1.165, 1.54) is 10.5 Å². The van der Waals surface area contributed by atoms with E-state index in [9.17, 15) is 4.79 Å². The van der Waals surface area contributed by atoms with Crippen LogP contribution in [-0.2, 0) is 4.79 Å². The average molecular weight is 387 g/mol. The minimum absolute atomic E-state index is 0.163. The molecule has 28 heavy (non-hydrogen) atoms. The lowest BCUT2D eigenvalue weighted by Crippen LogP contribution is -2.05. The van der Waals surface area contributed by atoms with Crippen LogP contribution in [0.25, 0.3) is 17.2 Å². The number of rotatable bonds is 6. The number of ether oxygens (including phenoxy) is 1. The van der Waals surface area contributed by atoms with E-state index >= 15 is 0 Å². The Morgan fingerprint density at radius 1 is 1.11 bits per heavy atom. The lowest BCUT2D eigenvalue weighted by atomic mass is 9.94. The first-order valence-electron chi connectivity index (χ1n) is 9.27. The second-order valence-corrected chi connectivity index (χ2v) is 7.81. The van der Waals surface area contributed by atoms with Gasteiger partial charge in [-0.05, 0) is 76.9 Å². The highest BCUT2D eigenvalue weighted by Crippen LogP contribution is 2.45. The van der Waals surface area contributed by atoms with Crippen LogP contribution in [0.1, 0.15) is 30.0 Å². The summed E-state index contributed by atoms with van der Waals surface area (Å²) in [4.78, 5) is 13.9. The van der Waals surface area contributed by atoms with Crippen molar-refractivity contribution < 1.29 is 9.53 Å². The van der Waals surface area contributed by atoms with Crippen molar-refractivity contribution in [2.24, 2.45) is 0 Å². The van der Waals surface area contributed by atoms with Gasteiger partial charge in [-0.1, -0.05) is 36.4 Å². The molecule has 0 saturated carbocycles. The summed E-state index contributed by atoms with van der Waals surface area (Å²) in [5.74, 6) is 0.973. The predicted octanol–water partition coefficient (Wildman–Crippen LogP) is 6.20. The van der Waals surface area contributed by atoms with Gasteiger partial charge in [0.25, 0.3) is 0 Å². The van der Waals surface area contributed by atoms with Gasteiger partial charge in [-0.3, -0.25) is 4.79 Å². The molecular weight excluding hydrogens is 364 g/mol. The third kappa shape index (κ3) is 3.38. The molecule has 0 unspecified atom stereocenters. The van der Waals surface area contributed by atoms with E-state index in [0.29, 0.717) is 6.42 Å². The number of methoxy groups -OCH3 is 1. The van der Waals surface area contributed by atoms with Gasteiger partial charge in [-0.2, -0.15) is 0 Å². The van der Waals surface area contributed by atoms with Crippen LogP contribution in [0.15, 0.2) is 76.7 Å². The number of fused-ring (bicyclic) bond motifs is 1. The zero-order valence-electron chi connectivity index (χ0n) is 16.3. The van der Waals surface area contributed by atoms with Crippen LogP contribution in [-0.4, -0.2) is 19.1 Å². The monoisotopic (exact) mass is 386 g/mol. The van der Waals surface area contributed by atoms with Gasteiger partial charge in [0.15, 0.2) is 5.78 Å². The highest BCUT2D eigenvalue weighted by molar-refractivity contribution is 7.98. The smallest absolute Gasteiger partial charge is 0.167 e. The third-order valence-corrected chi connectivity index (χ3v) is 6.08. The third-order valence-electron chi connectivity index (χ3n) is 5.34. The SMILES string of the molecule is COc1ccc2c(c1)C(CC(=O)C1=CC=C1)=C(C)/C2=C/c1ccc(SC)cc1. The van der Waals surface area contributed by atoms with Gasteiger partial charge in [0, 0.05) is 16.9 Å². The second-order valence-electron chi connectivity index (χ2n) is 6.93. The first-order chi connectivity index (χ1) is 13.6. The van der Waals surface area contributed by atoms with E-state index in [-0.39, 0.29) is 5.78 Å². The summed E-state index contributed by atoms with van der Waals surface area (Å²) in [6.07, 6.45) is 10.4. The van der Waals surface area contributed by atoms with Crippen molar-refractivity contribution in [2.75, 3.05) is 13.4 Å². The van der Waals surface area contributed by atoms with Crippen molar-refractivity contribution in [2.45, 2.75) is 18.2 Å². The van der Waals surface area contributed by atoms with Crippen molar-refractivity contribution >= 4 is 34.8 Å². The molecule has 0 aliphatic heterocycles. The number of benzene rings is 2. The molecule has 0 fully saturated rings. The number of allylic oxidation sites excluding steroid dienone is 7. The first-order valence-corrected chi connectivity index (χ1v) is 10.5. The molecule has 0 aromatic heterocycles. The Kier molecular flexibility index (Phi) is 5.10. The van der Waals surface area contributed by atoms with E-state index in [1.807, 2.05) is 30.4 Å².